The molecular weight excluding hydrogens is 158 g/mol. The van der Waals surface area contributed by atoms with Gasteiger partial charge in [-0.15, -0.1) is 0 Å². The zero-order valence-corrected chi connectivity index (χ0v) is 7.72. The van der Waals surface area contributed by atoms with E-state index in [0.29, 0.717) is 0 Å². The smallest absolute Gasteiger partial charge is 0.310 e. The molecule has 1 unspecified atom stereocenters. The molecule has 0 fully saturated rings. The van der Waals surface area contributed by atoms with Crippen LogP contribution in [0.2, 0.25) is 0 Å². The Morgan fingerprint density at radius 2 is 2.08 bits per heavy atom. The second-order valence-electron chi connectivity index (χ2n) is 2.65. The van der Waals surface area contributed by atoms with Crippen LogP contribution in [-0.2, 0) is 14.3 Å². The first kappa shape index (κ1) is 10.9. The first-order valence-electron chi connectivity index (χ1n) is 3.99. The fourth-order valence-electron chi connectivity index (χ4n) is 0.518. The van der Waals surface area contributed by atoms with Gasteiger partial charge in [-0.25, -0.2) is 0 Å². The van der Waals surface area contributed by atoms with Gasteiger partial charge in [0.15, 0.2) is 6.73 Å². The lowest BCUT2D eigenvalue weighted by Gasteiger charge is -2.08. The summed E-state index contributed by atoms with van der Waals surface area (Å²) in [6, 6.07) is 0. The van der Waals surface area contributed by atoms with Gasteiger partial charge in [-0.05, 0) is 6.42 Å². The third kappa shape index (κ3) is 4.71. The molecule has 0 aromatic carbocycles. The molecule has 0 aliphatic carbocycles. The fraction of sp³-hybridized carbons (Fsp3) is 0.750. The Hall–Kier alpha value is -1.06. The average Bonchev–Trinajstić information content (AvgIpc) is 2.02. The molecule has 0 heterocycles. The first-order chi connectivity index (χ1) is 5.57. The molecule has 0 saturated heterocycles. The van der Waals surface area contributed by atoms with E-state index in [1.54, 1.807) is 6.92 Å². The molecule has 1 atom stereocenters. The highest BCUT2D eigenvalue weighted by molar-refractivity contribution is 5.74. The van der Waals surface area contributed by atoms with Gasteiger partial charge in [0.05, 0.1) is 5.92 Å². The van der Waals surface area contributed by atoms with E-state index in [2.05, 4.69) is 5.32 Å². The summed E-state index contributed by atoms with van der Waals surface area (Å²) in [5.41, 5.74) is 0. The van der Waals surface area contributed by atoms with Crippen molar-refractivity contribution >= 4 is 11.9 Å². The molecule has 0 aliphatic heterocycles. The molecule has 0 aliphatic rings. The van der Waals surface area contributed by atoms with E-state index in [4.69, 9.17) is 4.74 Å². The number of ether oxygens (including phenoxy) is 1. The van der Waals surface area contributed by atoms with Gasteiger partial charge >= 0.3 is 5.97 Å². The Balaban J connectivity index is 3.50. The molecule has 0 aromatic heterocycles. The number of nitrogens with one attached hydrogen (secondary N) is 1. The van der Waals surface area contributed by atoms with Crippen molar-refractivity contribution in [2.45, 2.75) is 27.2 Å². The summed E-state index contributed by atoms with van der Waals surface area (Å²) in [5.74, 6) is -0.572. The molecule has 1 amide bonds. The van der Waals surface area contributed by atoms with Gasteiger partial charge in [-0.3, -0.25) is 9.59 Å². The van der Waals surface area contributed by atoms with Crippen LogP contribution in [0.4, 0.5) is 0 Å². The Kier molecular flexibility index (Phi) is 5.08. The fourth-order valence-corrected chi connectivity index (χ4v) is 0.518. The van der Waals surface area contributed by atoms with Gasteiger partial charge in [-0.1, -0.05) is 13.8 Å². The lowest BCUT2D eigenvalue weighted by Crippen LogP contribution is -2.27. The van der Waals surface area contributed by atoms with Crippen molar-refractivity contribution in [3.63, 3.8) is 0 Å². The third-order valence-electron chi connectivity index (χ3n) is 1.55. The molecule has 4 heteroatoms. The summed E-state index contributed by atoms with van der Waals surface area (Å²) in [4.78, 5) is 21.3. The summed E-state index contributed by atoms with van der Waals surface area (Å²) in [6.07, 6.45) is 0.749. The molecule has 4 nitrogen and oxygen atoms in total. The Bertz CT molecular complexity index is 168. The van der Waals surface area contributed by atoms with Gasteiger partial charge in [0.1, 0.15) is 0 Å². The number of amides is 1. The van der Waals surface area contributed by atoms with Crippen molar-refractivity contribution in [1.82, 2.24) is 5.32 Å². The Labute approximate surface area is 72.3 Å². The third-order valence-corrected chi connectivity index (χ3v) is 1.55. The monoisotopic (exact) mass is 173 g/mol. The van der Waals surface area contributed by atoms with E-state index in [0.717, 1.165) is 6.42 Å². The molecule has 0 aromatic rings. The van der Waals surface area contributed by atoms with E-state index in [1.165, 1.54) is 6.92 Å². The molecule has 0 bridgehead atoms. The number of carbonyl (C=O) groups is 2. The van der Waals surface area contributed by atoms with Crippen LogP contribution in [0.1, 0.15) is 27.2 Å². The van der Waals surface area contributed by atoms with Crippen LogP contribution in [0.15, 0.2) is 0 Å². The van der Waals surface area contributed by atoms with E-state index >= 15 is 0 Å². The number of hydrogen-bond donors (Lipinski definition) is 1. The quantitative estimate of drug-likeness (QED) is 0.502. The Morgan fingerprint density at radius 1 is 1.50 bits per heavy atom. The van der Waals surface area contributed by atoms with Crippen molar-refractivity contribution in [2.75, 3.05) is 6.73 Å². The van der Waals surface area contributed by atoms with Gasteiger partial charge in [0.25, 0.3) is 0 Å². The first-order valence-corrected chi connectivity index (χ1v) is 3.99. The minimum atomic E-state index is -0.272. The van der Waals surface area contributed by atoms with Crippen molar-refractivity contribution in [3.8, 4) is 0 Å². The van der Waals surface area contributed by atoms with Crippen LogP contribution in [-0.4, -0.2) is 18.6 Å². The van der Waals surface area contributed by atoms with Crippen molar-refractivity contribution in [2.24, 2.45) is 5.92 Å². The van der Waals surface area contributed by atoms with Crippen LogP contribution < -0.4 is 5.32 Å². The SMILES string of the molecule is CCC(C)C(=O)OCNC(C)=O. The van der Waals surface area contributed by atoms with Gasteiger partial charge in [-0.2, -0.15) is 0 Å². The number of hydrogen-bond acceptors (Lipinski definition) is 3. The van der Waals surface area contributed by atoms with Crippen LogP contribution in [0.5, 0.6) is 0 Å². The highest BCUT2D eigenvalue weighted by Gasteiger charge is 2.10. The van der Waals surface area contributed by atoms with Crippen LogP contribution in [0.25, 0.3) is 0 Å². The molecule has 0 radical (unpaired) electrons. The van der Waals surface area contributed by atoms with Gasteiger partial charge in [0.2, 0.25) is 5.91 Å². The minimum absolute atomic E-state index is 0.0293. The lowest BCUT2D eigenvalue weighted by atomic mass is 10.1. The topological polar surface area (TPSA) is 55.4 Å². The molecule has 0 saturated carbocycles. The molecule has 12 heavy (non-hydrogen) atoms. The summed E-state index contributed by atoms with van der Waals surface area (Å²) in [6.45, 7) is 5.04. The maximum Gasteiger partial charge on any atom is 0.310 e. The zero-order chi connectivity index (χ0) is 9.56. The summed E-state index contributed by atoms with van der Waals surface area (Å²) in [7, 11) is 0. The van der Waals surface area contributed by atoms with Crippen LogP contribution in [0, 0.1) is 5.92 Å². The number of esters is 1. The zero-order valence-electron chi connectivity index (χ0n) is 7.72. The maximum absolute atomic E-state index is 11.0. The van der Waals surface area contributed by atoms with Crippen LogP contribution >= 0.6 is 0 Å². The standard InChI is InChI=1S/C8H15NO3/c1-4-6(2)8(11)12-5-9-7(3)10/h6H,4-5H2,1-3H3,(H,9,10). The minimum Gasteiger partial charge on any atom is -0.444 e. The molecule has 0 spiro atoms. The highest BCUT2D eigenvalue weighted by Crippen LogP contribution is 2.01. The van der Waals surface area contributed by atoms with Crippen molar-refractivity contribution in [3.05, 3.63) is 0 Å². The summed E-state index contributed by atoms with van der Waals surface area (Å²) in [5, 5.41) is 2.37. The second kappa shape index (κ2) is 5.57. The number of rotatable bonds is 4. The second-order valence-corrected chi connectivity index (χ2v) is 2.65. The van der Waals surface area contributed by atoms with Crippen molar-refractivity contribution in [1.29, 1.82) is 0 Å². The van der Waals surface area contributed by atoms with E-state index < -0.39 is 0 Å². The van der Waals surface area contributed by atoms with E-state index in [1.807, 2.05) is 6.92 Å². The lowest BCUT2D eigenvalue weighted by molar-refractivity contribution is -0.149. The van der Waals surface area contributed by atoms with Gasteiger partial charge < -0.3 is 10.1 Å². The van der Waals surface area contributed by atoms with Crippen molar-refractivity contribution < 1.29 is 14.3 Å². The summed E-state index contributed by atoms with van der Waals surface area (Å²) >= 11 is 0. The Morgan fingerprint density at radius 3 is 2.50 bits per heavy atom. The van der Waals surface area contributed by atoms with Crippen LogP contribution in [0.3, 0.4) is 0 Å². The molecule has 70 valence electrons. The molecule has 0 rings (SSSR count). The predicted molar refractivity (Wildman–Crippen MR) is 44.2 cm³/mol. The molecular formula is C8H15NO3. The highest BCUT2D eigenvalue weighted by atomic mass is 16.5. The predicted octanol–water partition coefficient (Wildman–Crippen LogP) is 0.669. The average molecular weight is 173 g/mol. The number of carbonyl (C=O) groups excluding carboxylic acids is 2. The van der Waals surface area contributed by atoms with E-state index in [-0.39, 0.29) is 24.5 Å². The normalized spacial score (nSPS) is 11.9. The molecule has 1 N–H and O–H groups in total. The van der Waals surface area contributed by atoms with E-state index in [9.17, 15) is 9.59 Å². The summed E-state index contributed by atoms with van der Waals surface area (Å²) < 4.78 is 4.73. The van der Waals surface area contributed by atoms with Gasteiger partial charge in [0, 0.05) is 6.92 Å². The maximum atomic E-state index is 11.0. The largest absolute Gasteiger partial charge is 0.444 e.